The molecule has 18 heavy (non-hydrogen) atoms. The first-order valence-corrected chi connectivity index (χ1v) is 6.13. The van der Waals surface area contributed by atoms with Crippen molar-refractivity contribution in [3.05, 3.63) is 24.0 Å². The summed E-state index contributed by atoms with van der Waals surface area (Å²) in [6, 6.07) is 0. The molecule has 0 rings (SSSR count). The van der Waals surface area contributed by atoms with Gasteiger partial charge in [0.1, 0.15) is 6.17 Å². The summed E-state index contributed by atoms with van der Waals surface area (Å²) in [5.74, 6) is 0. The fourth-order valence-electron chi connectivity index (χ4n) is 1.55. The molecule has 0 aliphatic rings. The van der Waals surface area contributed by atoms with E-state index in [1.54, 1.807) is 6.20 Å². The highest BCUT2D eigenvalue weighted by atomic mass is 15.1. The zero-order valence-corrected chi connectivity index (χ0v) is 11.6. The summed E-state index contributed by atoms with van der Waals surface area (Å²) in [6.45, 7) is 9.26. The normalized spacial score (nSPS) is 13.4. The van der Waals surface area contributed by atoms with Gasteiger partial charge in [-0.15, -0.1) is 0 Å². The molecule has 0 heterocycles. The number of rotatable bonds is 10. The minimum absolute atomic E-state index is 0.0142. The van der Waals surface area contributed by atoms with Crippen LogP contribution in [0.4, 0.5) is 0 Å². The minimum atomic E-state index is 0.0142. The minimum Gasteiger partial charge on any atom is -0.380 e. The van der Waals surface area contributed by atoms with Gasteiger partial charge in [0, 0.05) is 26.0 Å². The van der Waals surface area contributed by atoms with E-state index < -0.39 is 0 Å². The molecule has 0 aliphatic heterocycles. The van der Waals surface area contributed by atoms with Crippen molar-refractivity contribution < 1.29 is 0 Å². The van der Waals surface area contributed by atoms with Crippen molar-refractivity contribution in [3.63, 3.8) is 0 Å². The first-order valence-electron chi connectivity index (χ1n) is 6.13. The Balaban J connectivity index is 4.28. The second kappa shape index (κ2) is 10.5. The van der Waals surface area contributed by atoms with Crippen molar-refractivity contribution in [1.82, 2.24) is 15.5 Å². The Labute approximate surface area is 110 Å². The van der Waals surface area contributed by atoms with Crippen LogP contribution in [0.25, 0.3) is 0 Å². The maximum absolute atomic E-state index is 7.10. The number of hydrogen-bond acceptors (Lipinski definition) is 4. The maximum atomic E-state index is 7.10. The molecule has 0 aromatic heterocycles. The van der Waals surface area contributed by atoms with Gasteiger partial charge in [-0.3, -0.25) is 15.7 Å². The molecule has 0 aromatic carbocycles. The molecule has 0 saturated carbocycles. The van der Waals surface area contributed by atoms with Crippen molar-refractivity contribution in [2.45, 2.75) is 26.4 Å². The summed E-state index contributed by atoms with van der Waals surface area (Å²) in [5.41, 5.74) is 1.15. The van der Waals surface area contributed by atoms with Crippen molar-refractivity contribution in [3.8, 4) is 0 Å². The number of nitrogens with zero attached hydrogens (tertiary/aromatic N) is 2. The van der Waals surface area contributed by atoms with Crippen molar-refractivity contribution in [1.29, 1.82) is 5.41 Å². The van der Waals surface area contributed by atoms with E-state index in [0.717, 1.165) is 25.1 Å². The van der Waals surface area contributed by atoms with Gasteiger partial charge in [0.2, 0.25) is 0 Å². The van der Waals surface area contributed by atoms with E-state index in [2.05, 4.69) is 33.4 Å². The van der Waals surface area contributed by atoms with E-state index in [9.17, 15) is 0 Å². The van der Waals surface area contributed by atoms with Crippen molar-refractivity contribution >= 4 is 13.1 Å². The van der Waals surface area contributed by atoms with Crippen LogP contribution in [-0.2, 0) is 0 Å². The van der Waals surface area contributed by atoms with Crippen LogP contribution in [0, 0.1) is 5.41 Å². The molecule has 1 unspecified atom stereocenters. The molecule has 0 amide bonds. The molecule has 0 fully saturated rings. The van der Waals surface area contributed by atoms with E-state index in [4.69, 9.17) is 5.41 Å². The zero-order chi connectivity index (χ0) is 13.8. The van der Waals surface area contributed by atoms with Crippen LogP contribution in [0.2, 0.25) is 0 Å². The highest BCUT2D eigenvalue weighted by molar-refractivity contribution is 5.51. The Morgan fingerprint density at radius 1 is 1.56 bits per heavy atom. The average molecular weight is 251 g/mol. The molecular weight excluding hydrogens is 226 g/mol. The van der Waals surface area contributed by atoms with Crippen LogP contribution in [-0.4, -0.2) is 44.3 Å². The maximum Gasteiger partial charge on any atom is 0.101 e. The second-order valence-electron chi connectivity index (χ2n) is 4.01. The van der Waals surface area contributed by atoms with E-state index in [1.807, 2.05) is 27.0 Å². The molecule has 0 aliphatic carbocycles. The quantitative estimate of drug-likeness (QED) is 0.314. The molecule has 3 N–H and O–H groups in total. The Bertz CT molecular complexity index is 296. The Hall–Kier alpha value is -1.62. The molecule has 0 radical (unpaired) electrons. The van der Waals surface area contributed by atoms with Crippen molar-refractivity contribution in [2.24, 2.45) is 4.99 Å². The Kier molecular flexibility index (Phi) is 9.58. The summed E-state index contributed by atoms with van der Waals surface area (Å²) in [5, 5.41) is 13.3. The second-order valence-corrected chi connectivity index (χ2v) is 4.01. The van der Waals surface area contributed by atoms with Crippen LogP contribution in [0.5, 0.6) is 0 Å². The number of hydrogen-bond donors (Lipinski definition) is 3. The summed E-state index contributed by atoms with van der Waals surface area (Å²) >= 11 is 0. The lowest BCUT2D eigenvalue weighted by atomic mass is 10.2. The molecule has 0 saturated heterocycles. The first kappa shape index (κ1) is 16.4. The van der Waals surface area contributed by atoms with Gasteiger partial charge in [-0.1, -0.05) is 13.0 Å². The predicted molar refractivity (Wildman–Crippen MR) is 79.1 cm³/mol. The predicted octanol–water partition coefficient (Wildman–Crippen LogP) is 1.56. The van der Waals surface area contributed by atoms with Gasteiger partial charge in [0.15, 0.2) is 0 Å². The molecule has 5 heteroatoms. The largest absolute Gasteiger partial charge is 0.380 e. The topological polar surface area (TPSA) is 63.5 Å². The lowest BCUT2D eigenvalue weighted by molar-refractivity contribution is 0.449. The van der Waals surface area contributed by atoms with Crippen LogP contribution in [0.1, 0.15) is 20.3 Å². The Morgan fingerprint density at radius 3 is 2.83 bits per heavy atom. The highest BCUT2D eigenvalue weighted by Gasteiger charge is 2.07. The number of aliphatic imine (C=N–C) groups is 1. The molecule has 1 atom stereocenters. The van der Waals surface area contributed by atoms with Crippen LogP contribution >= 0.6 is 0 Å². The summed E-state index contributed by atoms with van der Waals surface area (Å²) in [7, 11) is 2.03. The van der Waals surface area contributed by atoms with Gasteiger partial charge in [-0.2, -0.15) is 0 Å². The SMILES string of the molecule is C=N/C=C\CCN(C)/C=C(\C)C(NC=N)NCC. The van der Waals surface area contributed by atoms with E-state index in [1.165, 1.54) is 6.34 Å². The van der Waals surface area contributed by atoms with Gasteiger partial charge >= 0.3 is 0 Å². The van der Waals surface area contributed by atoms with Crippen LogP contribution in [0.3, 0.4) is 0 Å². The van der Waals surface area contributed by atoms with E-state index in [-0.39, 0.29) is 6.17 Å². The molecular formula is C13H25N5. The standard InChI is InChI=1S/C13H25N5/c1-5-16-13(17-11-14)12(2)10-18(4)9-7-6-8-15-3/h6,8,10-11,13,16H,3,5,7,9H2,1-2,4H3,(H2,14,17)/b8-6-,12-10+. The van der Waals surface area contributed by atoms with Crippen molar-refractivity contribution in [2.75, 3.05) is 20.1 Å². The molecule has 5 nitrogen and oxygen atoms in total. The first-order chi connectivity index (χ1) is 8.65. The van der Waals surface area contributed by atoms with Gasteiger partial charge in [0.05, 0.1) is 6.34 Å². The van der Waals surface area contributed by atoms with E-state index >= 15 is 0 Å². The summed E-state index contributed by atoms with van der Waals surface area (Å²) < 4.78 is 0. The molecule has 0 aromatic rings. The van der Waals surface area contributed by atoms with Gasteiger partial charge < -0.3 is 10.2 Å². The smallest absolute Gasteiger partial charge is 0.101 e. The van der Waals surface area contributed by atoms with Crippen LogP contribution in [0.15, 0.2) is 29.0 Å². The van der Waals surface area contributed by atoms with Crippen LogP contribution < -0.4 is 10.6 Å². The van der Waals surface area contributed by atoms with Gasteiger partial charge in [-0.05, 0) is 32.2 Å². The lowest BCUT2D eigenvalue weighted by Crippen LogP contribution is -2.42. The van der Waals surface area contributed by atoms with Gasteiger partial charge in [0.25, 0.3) is 0 Å². The monoisotopic (exact) mass is 251 g/mol. The fourth-order valence-corrected chi connectivity index (χ4v) is 1.55. The highest BCUT2D eigenvalue weighted by Crippen LogP contribution is 2.01. The number of likely N-dealkylation sites (N-methyl/N-ethyl adjacent to an activating group) is 1. The average Bonchev–Trinajstić information content (AvgIpc) is 2.34. The Morgan fingerprint density at radius 2 is 2.28 bits per heavy atom. The number of nitrogens with one attached hydrogen (secondary N) is 3. The lowest BCUT2D eigenvalue weighted by Gasteiger charge is -2.21. The third-order valence-corrected chi connectivity index (χ3v) is 2.40. The summed E-state index contributed by atoms with van der Waals surface area (Å²) in [4.78, 5) is 5.78. The molecule has 0 bridgehead atoms. The molecule has 0 spiro atoms. The van der Waals surface area contributed by atoms with Gasteiger partial charge in [-0.25, -0.2) is 0 Å². The third kappa shape index (κ3) is 7.62. The summed E-state index contributed by atoms with van der Waals surface area (Å²) in [6.07, 6.45) is 7.94. The van der Waals surface area contributed by atoms with E-state index in [0.29, 0.717) is 0 Å². The zero-order valence-electron chi connectivity index (χ0n) is 11.6. The molecule has 102 valence electrons. The third-order valence-electron chi connectivity index (χ3n) is 2.40. The fraction of sp³-hybridized carbons (Fsp3) is 0.538.